The molecule has 1 aromatic rings. The summed E-state index contributed by atoms with van der Waals surface area (Å²) in [6.07, 6.45) is 0.644. The van der Waals surface area contributed by atoms with E-state index in [0.29, 0.717) is 17.3 Å². The Kier molecular flexibility index (Phi) is 3.95. The zero-order chi connectivity index (χ0) is 9.68. The predicted molar refractivity (Wildman–Crippen MR) is 55.3 cm³/mol. The zero-order valence-corrected chi connectivity index (χ0v) is 8.36. The van der Waals surface area contributed by atoms with Crippen LogP contribution in [0.25, 0.3) is 0 Å². The molecule has 1 nitrogen and oxygen atoms in total. The molecule has 0 atom stereocenters. The van der Waals surface area contributed by atoms with Crippen molar-refractivity contribution in [1.82, 2.24) is 0 Å². The van der Waals surface area contributed by atoms with Gasteiger partial charge in [-0.1, -0.05) is 23.4 Å². The standard InChI is InChI=1S/C10H8Cl2O/c11-6-2-1-3-8-4-5-9(12)10(13)7-8/h4-5,7,13H,2,6H2. The number of benzene rings is 1. The van der Waals surface area contributed by atoms with E-state index in [1.165, 1.54) is 6.07 Å². The first-order chi connectivity index (χ1) is 6.24. The molecule has 0 radical (unpaired) electrons. The molecule has 13 heavy (non-hydrogen) atoms. The molecular weight excluding hydrogens is 207 g/mol. The van der Waals surface area contributed by atoms with Crippen molar-refractivity contribution in [1.29, 1.82) is 0 Å². The molecule has 0 aliphatic heterocycles. The van der Waals surface area contributed by atoms with Crippen molar-refractivity contribution in [2.75, 3.05) is 5.88 Å². The number of hydrogen-bond acceptors (Lipinski definition) is 1. The largest absolute Gasteiger partial charge is 0.506 e. The quantitative estimate of drug-likeness (QED) is 0.563. The van der Waals surface area contributed by atoms with Gasteiger partial charge in [0.25, 0.3) is 0 Å². The van der Waals surface area contributed by atoms with E-state index in [-0.39, 0.29) is 5.75 Å². The Labute approximate surface area is 87.3 Å². The van der Waals surface area contributed by atoms with Crippen LogP contribution in [0.5, 0.6) is 5.75 Å². The fraction of sp³-hybridized carbons (Fsp3) is 0.200. The van der Waals surface area contributed by atoms with Crippen LogP contribution in [0, 0.1) is 11.8 Å². The van der Waals surface area contributed by atoms with E-state index in [9.17, 15) is 5.11 Å². The Morgan fingerprint density at radius 2 is 2.15 bits per heavy atom. The summed E-state index contributed by atoms with van der Waals surface area (Å²) in [6.45, 7) is 0. The molecule has 0 bridgehead atoms. The lowest BCUT2D eigenvalue weighted by molar-refractivity contribution is 0.475. The first kappa shape index (κ1) is 10.2. The number of halogens is 2. The number of phenols is 1. The van der Waals surface area contributed by atoms with E-state index < -0.39 is 0 Å². The molecular formula is C10H8Cl2O. The zero-order valence-electron chi connectivity index (χ0n) is 6.85. The molecule has 0 fully saturated rings. The molecule has 1 N–H and O–H groups in total. The molecule has 0 heterocycles. The van der Waals surface area contributed by atoms with E-state index >= 15 is 0 Å². The van der Waals surface area contributed by atoms with Crippen molar-refractivity contribution in [3.63, 3.8) is 0 Å². The second-order valence-corrected chi connectivity index (χ2v) is 3.19. The third kappa shape index (κ3) is 3.18. The van der Waals surface area contributed by atoms with Gasteiger partial charge in [0, 0.05) is 17.9 Å². The van der Waals surface area contributed by atoms with E-state index in [1.807, 2.05) is 0 Å². The normalized spacial score (nSPS) is 9.08. The minimum absolute atomic E-state index is 0.0549. The first-order valence-corrected chi connectivity index (χ1v) is 4.68. The van der Waals surface area contributed by atoms with Crippen LogP contribution in [0.1, 0.15) is 12.0 Å². The van der Waals surface area contributed by atoms with Crippen LogP contribution in [0.4, 0.5) is 0 Å². The summed E-state index contributed by atoms with van der Waals surface area (Å²) < 4.78 is 0. The topological polar surface area (TPSA) is 20.2 Å². The Balaban J connectivity index is 2.81. The maximum absolute atomic E-state index is 9.23. The second-order valence-electron chi connectivity index (χ2n) is 2.41. The average molecular weight is 215 g/mol. The Bertz CT molecular complexity index is 350. The molecule has 0 saturated heterocycles. The van der Waals surface area contributed by atoms with Gasteiger partial charge in [0.15, 0.2) is 0 Å². The van der Waals surface area contributed by atoms with Crippen LogP contribution >= 0.6 is 23.2 Å². The molecule has 0 amide bonds. The lowest BCUT2D eigenvalue weighted by atomic mass is 10.2. The Morgan fingerprint density at radius 1 is 1.38 bits per heavy atom. The minimum atomic E-state index is 0.0549. The third-order valence-electron chi connectivity index (χ3n) is 1.40. The highest BCUT2D eigenvalue weighted by Gasteiger charge is 1.96. The summed E-state index contributed by atoms with van der Waals surface area (Å²) in [5.74, 6) is 6.30. The Hall–Kier alpha value is -0.840. The van der Waals surface area contributed by atoms with E-state index in [1.54, 1.807) is 12.1 Å². The van der Waals surface area contributed by atoms with Crippen molar-refractivity contribution < 1.29 is 5.11 Å². The van der Waals surface area contributed by atoms with Crippen molar-refractivity contribution in [3.05, 3.63) is 28.8 Å². The van der Waals surface area contributed by atoms with Crippen LogP contribution < -0.4 is 0 Å². The SMILES string of the molecule is Oc1cc(C#CCCCl)ccc1Cl. The van der Waals surface area contributed by atoms with Gasteiger partial charge < -0.3 is 5.11 Å². The number of alkyl halides is 1. The van der Waals surface area contributed by atoms with Gasteiger partial charge in [-0.3, -0.25) is 0 Å². The molecule has 1 rings (SSSR count). The van der Waals surface area contributed by atoms with Crippen LogP contribution in [0.3, 0.4) is 0 Å². The fourth-order valence-electron chi connectivity index (χ4n) is 0.802. The van der Waals surface area contributed by atoms with Crippen LogP contribution in [0.15, 0.2) is 18.2 Å². The van der Waals surface area contributed by atoms with Gasteiger partial charge in [-0.25, -0.2) is 0 Å². The van der Waals surface area contributed by atoms with E-state index in [4.69, 9.17) is 23.2 Å². The van der Waals surface area contributed by atoms with Crippen molar-refractivity contribution >= 4 is 23.2 Å². The molecule has 1 aromatic carbocycles. The first-order valence-electron chi connectivity index (χ1n) is 3.77. The maximum Gasteiger partial charge on any atom is 0.135 e. The molecule has 3 heteroatoms. The summed E-state index contributed by atoms with van der Waals surface area (Å²) >= 11 is 11.1. The maximum atomic E-state index is 9.23. The predicted octanol–water partition coefficient (Wildman–Crippen LogP) is 3.03. The molecule has 0 aromatic heterocycles. The summed E-state index contributed by atoms with van der Waals surface area (Å²) in [5.41, 5.74) is 0.743. The molecule has 0 aliphatic carbocycles. The number of rotatable bonds is 1. The van der Waals surface area contributed by atoms with Crippen LogP contribution in [-0.2, 0) is 0 Å². The number of aromatic hydroxyl groups is 1. The lowest BCUT2D eigenvalue weighted by Gasteiger charge is -1.95. The highest BCUT2D eigenvalue weighted by Crippen LogP contribution is 2.23. The number of phenolic OH excluding ortho intramolecular Hbond substituents is 1. The monoisotopic (exact) mass is 214 g/mol. The molecule has 0 aliphatic rings. The van der Waals surface area contributed by atoms with Crippen molar-refractivity contribution in [2.24, 2.45) is 0 Å². The van der Waals surface area contributed by atoms with Gasteiger partial charge >= 0.3 is 0 Å². The van der Waals surface area contributed by atoms with Crippen molar-refractivity contribution in [3.8, 4) is 17.6 Å². The van der Waals surface area contributed by atoms with Gasteiger partial charge in [0.05, 0.1) is 5.02 Å². The van der Waals surface area contributed by atoms with Gasteiger partial charge in [0.2, 0.25) is 0 Å². The highest BCUT2D eigenvalue weighted by molar-refractivity contribution is 6.32. The Morgan fingerprint density at radius 3 is 2.77 bits per heavy atom. The minimum Gasteiger partial charge on any atom is -0.506 e. The average Bonchev–Trinajstić information content (AvgIpc) is 2.12. The van der Waals surface area contributed by atoms with Gasteiger partial charge in [-0.15, -0.1) is 11.6 Å². The van der Waals surface area contributed by atoms with E-state index in [2.05, 4.69) is 11.8 Å². The molecule has 0 spiro atoms. The second kappa shape index (κ2) is 5.01. The fourth-order valence-corrected chi connectivity index (χ4v) is 1.01. The summed E-state index contributed by atoms with van der Waals surface area (Å²) in [7, 11) is 0. The van der Waals surface area contributed by atoms with E-state index in [0.717, 1.165) is 5.56 Å². The molecule has 68 valence electrons. The summed E-state index contributed by atoms with van der Waals surface area (Å²) in [4.78, 5) is 0. The third-order valence-corrected chi connectivity index (χ3v) is 1.91. The summed E-state index contributed by atoms with van der Waals surface area (Å²) in [6, 6.07) is 4.90. The smallest absolute Gasteiger partial charge is 0.135 e. The van der Waals surface area contributed by atoms with Gasteiger partial charge in [-0.2, -0.15) is 0 Å². The van der Waals surface area contributed by atoms with Crippen LogP contribution in [-0.4, -0.2) is 11.0 Å². The molecule has 0 unspecified atom stereocenters. The lowest BCUT2D eigenvalue weighted by Crippen LogP contribution is -1.75. The number of hydrogen-bond donors (Lipinski definition) is 1. The van der Waals surface area contributed by atoms with Crippen molar-refractivity contribution in [2.45, 2.75) is 6.42 Å². The highest BCUT2D eigenvalue weighted by atomic mass is 35.5. The molecule has 0 saturated carbocycles. The van der Waals surface area contributed by atoms with Gasteiger partial charge in [0.1, 0.15) is 5.75 Å². The summed E-state index contributed by atoms with van der Waals surface area (Å²) in [5, 5.41) is 9.57. The van der Waals surface area contributed by atoms with Crippen LogP contribution in [0.2, 0.25) is 5.02 Å². The van der Waals surface area contributed by atoms with Gasteiger partial charge in [-0.05, 0) is 18.2 Å².